The minimum atomic E-state index is 0.639. The Bertz CT molecular complexity index is 394. The minimum Gasteiger partial charge on any atom is -0.0760 e. The predicted octanol–water partition coefficient (Wildman–Crippen LogP) is 4.41. The Morgan fingerprint density at radius 3 is 2.33 bits per heavy atom. The standard InChI is InChI=1S/C15H20/c1-10(2)12-6-5-7-14-13(11(3)4)8-9-15(12)14/h5-8,10-11H,9H2,1-4H3. The maximum Gasteiger partial charge on any atom is -0.00824 e. The average molecular weight is 200 g/mol. The van der Waals surface area contributed by atoms with Gasteiger partial charge in [-0.1, -0.05) is 52.0 Å². The summed E-state index contributed by atoms with van der Waals surface area (Å²) in [5, 5.41) is 0. The third-order valence-electron chi connectivity index (χ3n) is 3.29. The van der Waals surface area contributed by atoms with Crippen LogP contribution in [-0.2, 0) is 6.42 Å². The summed E-state index contributed by atoms with van der Waals surface area (Å²) in [5.74, 6) is 1.29. The van der Waals surface area contributed by atoms with Gasteiger partial charge in [-0.05, 0) is 40.5 Å². The van der Waals surface area contributed by atoms with E-state index in [2.05, 4.69) is 52.0 Å². The molecule has 2 rings (SSSR count). The van der Waals surface area contributed by atoms with Crippen LogP contribution in [0.2, 0.25) is 0 Å². The van der Waals surface area contributed by atoms with Gasteiger partial charge in [0.15, 0.2) is 0 Å². The number of hydrogen-bond acceptors (Lipinski definition) is 0. The molecule has 0 saturated heterocycles. The van der Waals surface area contributed by atoms with E-state index in [9.17, 15) is 0 Å². The lowest BCUT2D eigenvalue weighted by molar-refractivity contribution is 0.846. The van der Waals surface area contributed by atoms with E-state index >= 15 is 0 Å². The number of rotatable bonds is 2. The fourth-order valence-electron chi connectivity index (χ4n) is 2.51. The van der Waals surface area contributed by atoms with Crippen LogP contribution in [0.5, 0.6) is 0 Å². The SMILES string of the molecule is CC(C)C1=CCc2c1cccc2C(C)C. The summed E-state index contributed by atoms with van der Waals surface area (Å²) in [6, 6.07) is 6.76. The van der Waals surface area contributed by atoms with Gasteiger partial charge in [-0.2, -0.15) is 0 Å². The first-order valence-electron chi connectivity index (χ1n) is 5.93. The molecule has 0 spiro atoms. The molecule has 0 saturated carbocycles. The second-order valence-electron chi connectivity index (χ2n) is 5.05. The van der Waals surface area contributed by atoms with Crippen molar-refractivity contribution in [3.05, 3.63) is 41.0 Å². The molecule has 1 aromatic rings. The van der Waals surface area contributed by atoms with E-state index in [1.165, 1.54) is 16.7 Å². The zero-order chi connectivity index (χ0) is 11.0. The van der Waals surface area contributed by atoms with Crippen molar-refractivity contribution in [3.63, 3.8) is 0 Å². The molecule has 15 heavy (non-hydrogen) atoms. The summed E-state index contributed by atoms with van der Waals surface area (Å²) < 4.78 is 0. The molecule has 0 amide bonds. The lowest BCUT2D eigenvalue weighted by Crippen LogP contribution is -1.97. The van der Waals surface area contributed by atoms with Crippen molar-refractivity contribution in [1.82, 2.24) is 0 Å². The summed E-state index contributed by atoms with van der Waals surface area (Å²) in [5.41, 5.74) is 6.12. The molecule has 1 aliphatic carbocycles. The van der Waals surface area contributed by atoms with Gasteiger partial charge in [-0.15, -0.1) is 0 Å². The predicted molar refractivity (Wildman–Crippen MR) is 67.1 cm³/mol. The maximum absolute atomic E-state index is 2.40. The molecule has 0 unspecified atom stereocenters. The van der Waals surface area contributed by atoms with Crippen LogP contribution in [0.4, 0.5) is 0 Å². The van der Waals surface area contributed by atoms with Crippen LogP contribution < -0.4 is 0 Å². The van der Waals surface area contributed by atoms with Crippen LogP contribution in [0.3, 0.4) is 0 Å². The molecule has 0 heteroatoms. The summed E-state index contributed by atoms with van der Waals surface area (Å²) in [7, 11) is 0. The quantitative estimate of drug-likeness (QED) is 0.663. The molecule has 0 fully saturated rings. The van der Waals surface area contributed by atoms with E-state index < -0.39 is 0 Å². The van der Waals surface area contributed by atoms with Crippen LogP contribution in [0.15, 0.2) is 24.3 Å². The monoisotopic (exact) mass is 200 g/mol. The van der Waals surface area contributed by atoms with Crippen molar-refractivity contribution in [2.75, 3.05) is 0 Å². The van der Waals surface area contributed by atoms with Gasteiger partial charge in [0.2, 0.25) is 0 Å². The van der Waals surface area contributed by atoms with E-state index in [1.807, 2.05) is 0 Å². The topological polar surface area (TPSA) is 0 Å². The van der Waals surface area contributed by atoms with Crippen molar-refractivity contribution in [3.8, 4) is 0 Å². The highest BCUT2D eigenvalue weighted by molar-refractivity contribution is 5.75. The summed E-state index contributed by atoms with van der Waals surface area (Å²) >= 11 is 0. The Labute approximate surface area is 93.0 Å². The zero-order valence-corrected chi connectivity index (χ0v) is 10.2. The molecule has 0 atom stereocenters. The smallest absolute Gasteiger partial charge is 0.00824 e. The summed E-state index contributed by atoms with van der Waals surface area (Å²) in [4.78, 5) is 0. The van der Waals surface area contributed by atoms with Gasteiger partial charge < -0.3 is 0 Å². The fraction of sp³-hybridized carbons (Fsp3) is 0.467. The third-order valence-corrected chi connectivity index (χ3v) is 3.29. The normalized spacial score (nSPS) is 14.7. The maximum atomic E-state index is 2.40. The molecular weight excluding hydrogens is 180 g/mol. The highest BCUT2D eigenvalue weighted by Gasteiger charge is 2.19. The molecule has 0 radical (unpaired) electrons. The molecule has 0 aliphatic heterocycles. The van der Waals surface area contributed by atoms with Crippen molar-refractivity contribution in [1.29, 1.82) is 0 Å². The Morgan fingerprint density at radius 1 is 1.00 bits per heavy atom. The highest BCUT2D eigenvalue weighted by Crippen LogP contribution is 2.36. The lowest BCUT2D eigenvalue weighted by Gasteiger charge is -2.14. The number of allylic oxidation sites excluding steroid dienone is 2. The van der Waals surface area contributed by atoms with E-state index in [0.717, 1.165) is 6.42 Å². The Balaban J connectivity index is 2.48. The molecule has 0 nitrogen and oxygen atoms in total. The van der Waals surface area contributed by atoms with E-state index in [-0.39, 0.29) is 0 Å². The second-order valence-corrected chi connectivity index (χ2v) is 5.05. The molecule has 0 aromatic heterocycles. The number of fused-ring (bicyclic) bond motifs is 1. The molecule has 1 aliphatic rings. The molecule has 80 valence electrons. The van der Waals surface area contributed by atoms with Crippen molar-refractivity contribution >= 4 is 5.57 Å². The highest BCUT2D eigenvalue weighted by atomic mass is 14.2. The Kier molecular flexibility index (Phi) is 2.68. The van der Waals surface area contributed by atoms with Crippen LogP contribution in [0.1, 0.15) is 50.3 Å². The second kappa shape index (κ2) is 3.84. The van der Waals surface area contributed by atoms with Crippen LogP contribution in [-0.4, -0.2) is 0 Å². The van der Waals surface area contributed by atoms with Crippen LogP contribution >= 0.6 is 0 Å². The van der Waals surface area contributed by atoms with Gasteiger partial charge in [-0.25, -0.2) is 0 Å². The van der Waals surface area contributed by atoms with Crippen LogP contribution in [0.25, 0.3) is 5.57 Å². The summed E-state index contributed by atoms with van der Waals surface area (Å²) in [6.45, 7) is 9.12. The Morgan fingerprint density at radius 2 is 1.73 bits per heavy atom. The molecule has 0 N–H and O–H groups in total. The zero-order valence-electron chi connectivity index (χ0n) is 10.2. The first-order valence-corrected chi connectivity index (χ1v) is 5.93. The largest absolute Gasteiger partial charge is 0.0760 e. The summed E-state index contributed by atoms with van der Waals surface area (Å²) in [6.07, 6.45) is 3.54. The fourth-order valence-corrected chi connectivity index (χ4v) is 2.51. The number of benzene rings is 1. The lowest BCUT2D eigenvalue weighted by atomic mass is 9.91. The van der Waals surface area contributed by atoms with Gasteiger partial charge in [0.05, 0.1) is 0 Å². The first-order chi connectivity index (χ1) is 7.11. The molecule has 1 aromatic carbocycles. The van der Waals surface area contributed by atoms with E-state index in [0.29, 0.717) is 11.8 Å². The first kappa shape index (κ1) is 10.5. The van der Waals surface area contributed by atoms with Crippen LogP contribution in [0, 0.1) is 5.92 Å². The number of hydrogen-bond donors (Lipinski definition) is 0. The molecular formula is C15H20. The van der Waals surface area contributed by atoms with Gasteiger partial charge in [0.1, 0.15) is 0 Å². The average Bonchev–Trinajstić information content (AvgIpc) is 2.59. The Hall–Kier alpha value is -1.04. The van der Waals surface area contributed by atoms with Crippen molar-refractivity contribution < 1.29 is 0 Å². The van der Waals surface area contributed by atoms with Gasteiger partial charge in [0, 0.05) is 0 Å². The van der Waals surface area contributed by atoms with E-state index in [4.69, 9.17) is 0 Å². The van der Waals surface area contributed by atoms with Gasteiger partial charge >= 0.3 is 0 Å². The van der Waals surface area contributed by atoms with E-state index in [1.54, 1.807) is 5.56 Å². The van der Waals surface area contributed by atoms with Gasteiger partial charge in [-0.3, -0.25) is 0 Å². The minimum absolute atomic E-state index is 0.639. The van der Waals surface area contributed by atoms with Gasteiger partial charge in [0.25, 0.3) is 0 Å². The third kappa shape index (κ3) is 1.73. The van der Waals surface area contributed by atoms with Crippen molar-refractivity contribution in [2.24, 2.45) is 5.92 Å². The molecule has 0 heterocycles. The molecule has 0 bridgehead atoms. The van der Waals surface area contributed by atoms with Crippen molar-refractivity contribution in [2.45, 2.75) is 40.0 Å².